The Labute approximate surface area is 332 Å². The SMILES string of the molecule is CC[C@]1(O)[CH]C2CN(CCc3c([nH]c4ccccc34)[C@@](C(=O)OC)(c3cc4c(cc3OC)N(C)C3C45CCN4CC=C[C@](CC)(C45)[C@@H](O)[C@]3(O)C(=O)N=[N+]=[N-])C2)C1. The van der Waals surface area contributed by atoms with Crippen molar-refractivity contribution in [3.05, 3.63) is 87.8 Å². The van der Waals surface area contributed by atoms with E-state index in [0.29, 0.717) is 81.1 Å². The van der Waals surface area contributed by atoms with Gasteiger partial charge in [0, 0.05) is 88.9 Å². The lowest BCUT2D eigenvalue weighted by atomic mass is 9.47. The van der Waals surface area contributed by atoms with Crippen molar-refractivity contribution in [1.29, 1.82) is 0 Å². The molecule has 1 spiro atoms. The molecule has 1 amide bonds. The Hall–Kier alpha value is -4.43. The molecule has 1 aliphatic carbocycles. The van der Waals surface area contributed by atoms with Gasteiger partial charge in [0.15, 0.2) is 5.60 Å². The van der Waals surface area contributed by atoms with Crippen LogP contribution in [0, 0.1) is 17.8 Å². The number of nitrogens with one attached hydrogen (secondary N) is 1. The molecule has 1 aromatic heterocycles. The molecule has 14 heteroatoms. The first kappa shape index (κ1) is 38.1. The number of carbonyl (C=O) groups is 2. The molecule has 14 nitrogen and oxygen atoms in total. The standard InChI is InChI=1S/C43H52N7O7/c1-6-39(54)21-25-22-42(38(53)57-5,33-27(13-17-49(23-25)24-39)26-11-8-9-12-30(26)45-33)29-19-28-31(20-32(29)56-4)48(3)35-41(28)15-18-50-16-10-14-40(7-2,34(41)50)36(51)43(35,55)37(52)46-47-44/h8-12,14,19-21,25,34-36,45,51,54-55H,6-7,13,15-18,22-24H2,1-5H3/t25?,34?,35?,36-,39+,40-,41?,42+,43+/m1/s1. The summed E-state index contributed by atoms with van der Waals surface area (Å²) in [6, 6.07) is 10.6. The van der Waals surface area contributed by atoms with E-state index >= 15 is 4.79 Å². The summed E-state index contributed by atoms with van der Waals surface area (Å²) < 4.78 is 12.2. The maximum Gasteiger partial charge on any atom is 0.322 e. The maximum atomic E-state index is 15.2. The molecule has 3 fully saturated rings. The van der Waals surface area contributed by atoms with Crippen LogP contribution in [0.15, 0.2) is 53.7 Å². The minimum absolute atomic E-state index is 0.235. The number of H-pyrrole nitrogens is 1. The minimum Gasteiger partial charge on any atom is -0.496 e. The predicted molar refractivity (Wildman–Crippen MR) is 213 cm³/mol. The van der Waals surface area contributed by atoms with E-state index in [1.165, 1.54) is 7.11 Å². The molecule has 10 atom stereocenters. The Bertz CT molecular complexity index is 2250. The highest BCUT2D eigenvalue weighted by molar-refractivity contribution is 5.95. The maximum absolute atomic E-state index is 15.2. The molecule has 6 aliphatic rings. The topological polar surface area (TPSA) is 188 Å². The second-order valence-electron chi connectivity index (χ2n) is 17.4. The van der Waals surface area contributed by atoms with Crippen LogP contribution >= 0.6 is 0 Å². The van der Waals surface area contributed by atoms with Crippen molar-refractivity contribution >= 4 is 28.5 Å². The number of aromatic amines is 1. The van der Waals surface area contributed by atoms with Crippen molar-refractivity contribution in [2.45, 2.75) is 86.2 Å². The van der Waals surface area contributed by atoms with E-state index in [0.717, 1.165) is 22.0 Å². The van der Waals surface area contributed by atoms with E-state index < -0.39 is 51.5 Å². The largest absolute Gasteiger partial charge is 0.496 e. The smallest absolute Gasteiger partial charge is 0.322 e. The van der Waals surface area contributed by atoms with E-state index in [9.17, 15) is 25.6 Å². The number of azide groups is 1. The van der Waals surface area contributed by atoms with Gasteiger partial charge >= 0.3 is 5.97 Å². The van der Waals surface area contributed by atoms with Crippen molar-refractivity contribution < 1.29 is 34.4 Å². The normalized spacial score (nSPS) is 37.8. The van der Waals surface area contributed by atoms with Crippen LogP contribution in [-0.2, 0) is 31.6 Å². The van der Waals surface area contributed by atoms with Gasteiger partial charge < -0.3 is 34.7 Å². The van der Waals surface area contributed by atoms with Gasteiger partial charge in [0.25, 0.3) is 5.91 Å². The number of amides is 1. The highest BCUT2D eigenvalue weighted by Gasteiger charge is 2.78. The summed E-state index contributed by atoms with van der Waals surface area (Å²) in [7, 11) is 4.77. The highest BCUT2D eigenvalue weighted by atomic mass is 16.5. The first-order valence-corrected chi connectivity index (χ1v) is 20.2. The van der Waals surface area contributed by atoms with Crippen LogP contribution in [0.4, 0.5) is 5.69 Å². The van der Waals surface area contributed by atoms with Gasteiger partial charge in [0.05, 0.1) is 25.9 Å². The van der Waals surface area contributed by atoms with Gasteiger partial charge in [0.2, 0.25) is 0 Å². The lowest BCUT2D eigenvalue weighted by Crippen LogP contribution is -2.80. The van der Waals surface area contributed by atoms with Crippen LogP contribution in [0.25, 0.3) is 21.3 Å². The zero-order valence-electron chi connectivity index (χ0n) is 33.2. The monoisotopic (exact) mass is 778 g/mol. The molecule has 2 saturated heterocycles. The van der Waals surface area contributed by atoms with Crippen LogP contribution in [0.1, 0.15) is 61.9 Å². The van der Waals surface area contributed by atoms with Crippen LogP contribution < -0.4 is 9.64 Å². The van der Waals surface area contributed by atoms with Crippen LogP contribution in [-0.4, -0.2) is 125 Å². The van der Waals surface area contributed by atoms with Gasteiger partial charge in [0.1, 0.15) is 17.3 Å². The molecular weight excluding hydrogens is 727 g/mol. The first-order chi connectivity index (χ1) is 27.3. The molecule has 2 aromatic carbocycles. The quantitative estimate of drug-likeness (QED) is 0.0940. The number of nitrogens with zero attached hydrogens (tertiary/aromatic N) is 6. The molecule has 2 bridgehead atoms. The second-order valence-corrected chi connectivity index (χ2v) is 17.4. The number of hydrogen-bond acceptors (Lipinski definition) is 10. The lowest BCUT2D eigenvalue weighted by molar-refractivity contribution is -0.201. The molecule has 1 saturated carbocycles. The zero-order valence-corrected chi connectivity index (χ0v) is 33.2. The van der Waals surface area contributed by atoms with Crippen molar-refractivity contribution in [2.24, 2.45) is 16.4 Å². The van der Waals surface area contributed by atoms with Gasteiger partial charge in [-0.05, 0) is 84.9 Å². The Morgan fingerprint density at radius 1 is 1.09 bits per heavy atom. The number of aliphatic hydroxyl groups excluding tert-OH is 1. The third-order valence-electron chi connectivity index (χ3n) is 15.1. The molecular formula is C43H52N7O7. The number of aliphatic hydroxyl groups is 3. The summed E-state index contributed by atoms with van der Waals surface area (Å²) >= 11 is 0. The molecule has 5 aliphatic heterocycles. The molecule has 57 heavy (non-hydrogen) atoms. The summed E-state index contributed by atoms with van der Waals surface area (Å²) in [5.74, 6) is -1.44. The highest BCUT2D eigenvalue weighted by Crippen LogP contribution is 2.67. The number of para-hydroxylation sites is 1. The van der Waals surface area contributed by atoms with Crippen molar-refractivity contribution in [2.75, 3.05) is 58.9 Å². The van der Waals surface area contributed by atoms with Crippen LogP contribution in [0.2, 0.25) is 0 Å². The number of piperidine rings is 1. The summed E-state index contributed by atoms with van der Waals surface area (Å²) in [5, 5.41) is 41.6. The zero-order chi connectivity index (χ0) is 40.3. The number of anilines is 1. The number of methoxy groups -OCH3 is 2. The average Bonchev–Trinajstić information content (AvgIpc) is 3.88. The van der Waals surface area contributed by atoms with Gasteiger partial charge in [-0.1, -0.05) is 44.2 Å². The number of aromatic nitrogens is 1. The fourth-order valence-corrected chi connectivity index (χ4v) is 12.9. The number of esters is 1. The van der Waals surface area contributed by atoms with E-state index in [1.807, 2.05) is 67.7 Å². The average molecular weight is 779 g/mol. The second kappa shape index (κ2) is 13.0. The van der Waals surface area contributed by atoms with Gasteiger partial charge in [-0.15, -0.1) is 0 Å². The first-order valence-electron chi connectivity index (χ1n) is 20.2. The third-order valence-corrected chi connectivity index (χ3v) is 15.1. The molecule has 4 N–H and O–H groups in total. The van der Waals surface area contributed by atoms with E-state index in [-0.39, 0.29) is 18.4 Å². The molecule has 6 heterocycles. The van der Waals surface area contributed by atoms with Gasteiger partial charge in [-0.25, -0.2) is 0 Å². The van der Waals surface area contributed by atoms with Crippen molar-refractivity contribution in [3.63, 3.8) is 0 Å². The van der Waals surface area contributed by atoms with Gasteiger partial charge in [-0.2, -0.15) is 0 Å². The Morgan fingerprint density at radius 3 is 2.60 bits per heavy atom. The molecule has 1 radical (unpaired) electrons. The van der Waals surface area contributed by atoms with Crippen LogP contribution in [0.5, 0.6) is 5.75 Å². The predicted octanol–water partition coefficient (Wildman–Crippen LogP) is 3.90. The summed E-state index contributed by atoms with van der Waals surface area (Å²) in [5.41, 5.74) is 7.08. The Balaban J connectivity index is 1.37. The minimum atomic E-state index is -2.49. The summed E-state index contributed by atoms with van der Waals surface area (Å²) in [6.07, 6.45) is 6.66. The van der Waals surface area contributed by atoms with Crippen LogP contribution in [0.3, 0.4) is 0 Å². The molecule has 9 rings (SSSR count). The van der Waals surface area contributed by atoms with Crippen molar-refractivity contribution in [3.8, 4) is 5.75 Å². The number of fused-ring (bicyclic) bond motifs is 6. The lowest BCUT2D eigenvalue weighted by Gasteiger charge is -2.63. The number of likely N-dealkylation sites (N-methyl/N-ethyl adjacent to an activating group) is 1. The fraction of sp³-hybridized carbons (Fsp3) is 0.558. The summed E-state index contributed by atoms with van der Waals surface area (Å²) in [4.78, 5) is 42.3. The van der Waals surface area contributed by atoms with Crippen molar-refractivity contribution in [1.82, 2.24) is 14.8 Å². The molecule has 5 unspecified atom stereocenters. The fourth-order valence-electron chi connectivity index (χ4n) is 12.9. The number of benzene rings is 2. The Kier molecular flexibility index (Phi) is 8.72. The number of ether oxygens (including phenoxy) is 2. The summed E-state index contributed by atoms with van der Waals surface area (Å²) in [6.45, 7) is 6.99. The van der Waals surface area contributed by atoms with Gasteiger partial charge in [-0.3, -0.25) is 19.4 Å². The molecule has 301 valence electrons. The third kappa shape index (κ3) is 4.79. The van der Waals surface area contributed by atoms with E-state index in [4.69, 9.17) is 9.47 Å². The molecule has 3 aromatic rings. The van der Waals surface area contributed by atoms with E-state index in [1.54, 1.807) is 14.2 Å². The van der Waals surface area contributed by atoms with E-state index in [2.05, 4.69) is 30.9 Å². The number of hydrogen-bond donors (Lipinski definition) is 4. The Morgan fingerprint density at radius 2 is 1.88 bits per heavy atom. The number of rotatable bonds is 6. The number of carbonyl (C=O) groups excluding carboxylic acids is 2.